The fourth-order valence-corrected chi connectivity index (χ4v) is 4.18. The Morgan fingerprint density at radius 3 is 2.56 bits per heavy atom. The van der Waals surface area contributed by atoms with Crippen LogP contribution in [0.4, 0.5) is 11.5 Å². The summed E-state index contributed by atoms with van der Waals surface area (Å²) in [7, 11) is 0. The molecule has 3 saturated carbocycles. The van der Waals surface area contributed by atoms with Crippen LogP contribution in [-0.4, -0.2) is 11.0 Å². The zero-order chi connectivity index (χ0) is 10.7. The lowest BCUT2D eigenvalue weighted by molar-refractivity contribution is 0.456. The third-order valence-electron chi connectivity index (χ3n) is 4.84. The van der Waals surface area contributed by atoms with Gasteiger partial charge in [0.2, 0.25) is 0 Å². The molecule has 1 aromatic heterocycles. The fourth-order valence-electron chi connectivity index (χ4n) is 4.18. The first-order valence-electron chi connectivity index (χ1n) is 6.31. The number of pyridine rings is 1. The van der Waals surface area contributed by atoms with Crippen LogP contribution in [0.25, 0.3) is 0 Å². The third kappa shape index (κ3) is 1.11. The molecule has 1 heterocycles. The predicted molar refractivity (Wildman–Crippen MR) is 63.9 cm³/mol. The molecule has 0 amide bonds. The molecule has 3 nitrogen and oxygen atoms in total. The Hall–Kier alpha value is -1.25. The van der Waals surface area contributed by atoms with E-state index < -0.39 is 0 Å². The zero-order valence-corrected chi connectivity index (χ0v) is 9.26. The Kier molecular flexibility index (Phi) is 1.61. The van der Waals surface area contributed by atoms with Crippen molar-refractivity contribution >= 4 is 11.5 Å². The van der Waals surface area contributed by atoms with Gasteiger partial charge in [-0.1, -0.05) is 0 Å². The summed E-state index contributed by atoms with van der Waals surface area (Å²) in [5, 5.41) is 3.58. The van der Waals surface area contributed by atoms with Gasteiger partial charge in [0, 0.05) is 6.04 Å². The van der Waals surface area contributed by atoms with Gasteiger partial charge in [0.25, 0.3) is 0 Å². The molecule has 4 atom stereocenters. The first kappa shape index (κ1) is 8.85. The van der Waals surface area contributed by atoms with Crippen LogP contribution >= 0.6 is 0 Å². The molecule has 3 aliphatic rings. The number of nitrogen functional groups attached to an aromatic ring is 1. The van der Waals surface area contributed by atoms with Crippen LogP contribution in [0.15, 0.2) is 18.3 Å². The highest BCUT2D eigenvalue weighted by molar-refractivity contribution is 5.46. The van der Waals surface area contributed by atoms with Gasteiger partial charge in [0.15, 0.2) is 0 Å². The van der Waals surface area contributed by atoms with Crippen molar-refractivity contribution in [1.82, 2.24) is 4.98 Å². The number of nitrogens with one attached hydrogen (secondary N) is 1. The number of fused-ring (bicyclic) bond motifs is 5. The third-order valence-corrected chi connectivity index (χ3v) is 4.84. The molecule has 2 bridgehead atoms. The van der Waals surface area contributed by atoms with E-state index in [1.807, 2.05) is 12.1 Å². The molecule has 3 heteroatoms. The molecule has 4 unspecified atom stereocenters. The van der Waals surface area contributed by atoms with E-state index in [1.54, 1.807) is 6.20 Å². The molecule has 3 N–H and O–H groups in total. The monoisotopic (exact) mass is 215 g/mol. The van der Waals surface area contributed by atoms with E-state index in [1.165, 1.54) is 19.3 Å². The topological polar surface area (TPSA) is 50.9 Å². The van der Waals surface area contributed by atoms with Gasteiger partial charge in [-0.15, -0.1) is 0 Å². The molecule has 1 aromatic rings. The van der Waals surface area contributed by atoms with Crippen LogP contribution in [0, 0.1) is 23.7 Å². The highest BCUT2D eigenvalue weighted by Gasteiger charge is 2.65. The summed E-state index contributed by atoms with van der Waals surface area (Å²) in [4.78, 5) is 4.32. The molecule has 4 rings (SSSR count). The lowest BCUT2D eigenvalue weighted by Crippen LogP contribution is -2.13. The smallest absolute Gasteiger partial charge is 0.126 e. The van der Waals surface area contributed by atoms with Crippen LogP contribution in [-0.2, 0) is 0 Å². The van der Waals surface area contributed by atoms with Gasteiger partial charge >= 0.3 is 0 Å². The second-order valence-electron chi connectivity index (χ2n) is 5.63. The van der Waals surface area contributed by atoms with E-state index in [9.17, 15) is 0 Å². The van der Waals surface area contributed by atoms with Gasteiger partial charge in [0.05, 0.1) is 11.9 Å². The Morgan fingerprint density at radius 1 is 1.19 bits per heavy atom. The van der Waals surface area contributed by atoms with Crippen molar-refractivity contribution in [3.63, 3.8) is 0 Å². The summed E-state index contributed by atoms with van der Waals surface area (Å²) in [6.07, 6.45) is 6.18. The number of nitrogens with zero attached hydrogens (tertiary/aromatic N) is 1. The fraction of sp³-hybridized carbons (Fsp3) is 0.615. The molecule has 0 saturated heterocycles. The van der Waals surface area contributed by atoms with Crippen molar-refractivity contribution in [2.45, 2.75) is 25.3 Å². The molecule has 0 radical (unpaired) electrons. The first-order valence-corrected chi connectivity index (χ1v) is 6.31. The number of anilines is 2. The van der Waals surface area contributed by atoms with Gasteiger partial charge in [-0.05, 0) is 55.1 Å². The molecule has 3 aliphatic carbocycles. The van der Waals surface area contributed by atoms with Crippen molar-refractivity contribution in [3.8, 4) is 0 Å². The second-order valence-corrected chi connectivity index (χ2v) is 5.63. The largest absolute Gasteiger partial charge is 0.397 e. The standard InChI is InChI=1S/C13H17N3/c14-9-3-4-10(15-6-9)16-13-11-7-1-2-8(5-7)12(11)13/h3-4,6-8,11-13H,1-2,5,14H2,(H,15,16). The summed E-state index contributed by atoms with van der Waals surface area (Å²) < 4.78 is 0. The Bertz CT molecular complexity index is 398. The molecular formula is C13H17N3. The minimum absolute atomic E-state index is 0.711. The van der Waals surface area contributed by atoms with Crippen LogP contribution in [0.2, 0.25) is 0 Å². The molecule has 3 fully saturated rings. The molecule has 0 aromatic carbocycles. The molecule has 16 heavy (non-hydrogen) atoms. The van der Waals surface area contributed by atoms with Gasteiger partial charge in [0.1, 0.15) is 5.82 Å². The van der Waals surface area contributed by atoms with Gasteiger partial charge in [-0.2, -0.15) is 0 Å². The minimum Gasteiger partial charge on any atom is -0.397 e. The van der Waals surface area contributed by atoms with E-state index in [0.29, 0.717) is 6.04 Å². The van der Waals surface area contributed by atoms with Crippen molar-refractivity contribution < 1.29 is 0 Å². The lowest BCUT2D eigenvalue weighted by atomic mass is 10.0. The average molecular weight is 215 g/mol. The zero-order valence-electron chi connectivity index (χ0n) is 9.26. The lowest BCUT2D eigenvalue weighted by Gasteiger charge is -2.10. The number of hydrogen-bond acceptors (Lipinski definition) is 3. The summed E-state index contributed by atoms with van der Waals surface area (Å²) >= 11 is 0. The quantitative estimate of drug-likeness (QED) is 0.794. The number of aromatic nitrogens is 1. The van der Waals surface area contributed by atoms with Crippen molar-refractivity contribution in [3.05, 3.63) is 18.3 Å². The Morgan fingerprint density at radius 2 is 1.94 bits per heavy atom. The highest BCUT2D eigenvalue weighted by atomic mass is 15.1. The summed E-state index contributed by atoms with van der Waals surface area (Å²) in [6.45, 7) is 0. The van der Waals surface area contributed by atoms with E-state index in [4.69, 9.17) is 5.73 Å². The van der Waals surface area contributed by atoms with E-state index in [-0.39, 0.29) is 0 Å². The van der Waals surface area contributed by atoms with E-state index >= 15 is 0 Å². The van der Waals surface area contributed by atoms with Crippen molar-refractivity contribution in [1.29, 1.82) is 0 Å². The minimum atomic E-state index is 0.711. The first-order chi connectivity index (χ1) is 7.83. The highest BCUT2D eigenvalue weighted by Crippen LogP contribution is 2.66. The maximum absolute atomic E-state index is 5.63. The number of rotatable bonds is 2. The van der Waals surface area contributed by atoms with Crippen LogP contribution in [0.5, 0.6) is 0 Å². The normalized spacial score (nSPS) is 43.1. The van der Waals surface area contributed by atoms with E-state index in [2.05, 4.69) is 10.3 Å². The van der Waals surface area contributed by atoms with Gasteiger partial charge in [-0.25, -0.2) is 4.98 Å². The Labute approximate surface area is 95.4 Å². The summed E-state index contributed by atoms with van der Waals surface area (Å²) in [5.41, 5.74) is 6.37. The number of nitrogens with two attached hydrogens (primary N) is 1. The maximum atomic E-state index is 5.63. The molecule has 0 spiro atoms. The maximum Gasteiger partial charge on any atom is 0.126 e. The second kappa shape index (κ2) is 2.90. The summed E-state index contributed by atoms with van der Waals surface area (Å²) in [6, 6.07) is 4.62. The predicted octanol–water partition coefficient (Wildman–Crippen LogP) is 2.12. The van der Waals surface area contributed by atoms with Crippen molar-refractivity contribution in [2.24, 2.45) is 23.7 Å². The van der Waals surface area contributed by atoms with Crippen LogP contribution in [0.3, 0.4) is 0 Å². The Balaban J connectivity index is 1.48. The SMILES string of the molecule is Nc1ccc(NC2C3C4CCC(C4)C23)nc1. The molecule has 84 valence electrons. The van der Waals surface area contributed by atoms with Gasteiger partial charge < -0.3 is 11.1 Å². The van der Waals surface area contributed by atoms with Crippen molar-refractivity contribution in [2.75, 3.05) is 11.1 Å². The van der Waals surface area contributed by atoms with Crippen LogP contribution in [0.1, 0.15) is 19.3 Å². The summed E-state index contributed by atoms with van der Waals surface area (Å²) in [5.74, 6) is 4.94. The molecular weight excluding hydrogens is 198 g/mol. The van der Waals surface area contributed by atoms with Gasteiger partial charge in [-0.3, -0.25) is 0 Å². The number of hydrogen-bond donors (Lipinski definition) is 2. The van der Waals surface area contributed by atoms with E-state index in [0.717, 1.165) is 35.2 Å². The average Bonchev–Trinajstić information content (AvgIpc) is 2.72. The molecule has 0 aliphatic heterocycles. The van der Waals surface area contributed by atoms with Crippen LogP contribution < -0.4 is 11.1 Å².